The number of hydrogen-bond donors (Lipinski definition) is 4. The molecule has 0 aliphatic carbocycles. The molecule has 13 heteroatoms. The van der Waals surface area contributed by atoms with E-state index >= 15 is 0 Å². The lowest BCUT2D eigenvalue weighted by atomic mass is 10.00. The molecule has 0 bridgehead atoms. The summed E-state index contributed by atoms with van der Waals surface area (Å²) >= 11 is 0. The zero-order valence-corrected chi connectivity index (χ0v) is 39.3. The highest BCUT2D eigenvalue weighted by atomic mass is 32.2. The third-order valence-corrected chi connectivity index (χ3v) is 11.7. The topological polar surface area (TPSA) is 186 Å². The van der Waals surface area contributed by atoms with Gasteiger partial charge in [0.2, 0.25) is 0 Å². The number of carbonyl (C=O) groups excluding carboxylic acids is 2. The van der Waals surface area contributed by atoms with Gasteiger partial charge in [-0.3, -0.25) is 14.1 Å². The molecule has 0 amide bonds. The molecule has 0 aromatic carbocycles. The molecular weight excluding hydrogens is 813 g/mol. The Morgan fingerprint density at radius 3 is 1.47 bits per heavy atom. The van der Waals surface area contributed by atoms with E-state index in [1.807, 2.05) is 0 Å². The van der Waals surface area contributed by atoms with Crippen LogP contribution >= 0.6 is 0 Å². The standard InChI is InChI=1S/C49H86O12S/c1-3-5-7-9-11-13-15-17-19-20-21-22-24-26-28-30-32-34-36-38-45(51)60-42(40-59-49-48(54)47(53)46(52)43(61-49)41-62(55,56)57)39-58-44(50)37-35-33-31-29-27-25-23-18-16-14-12-10-8-6-4-2/h11,13,17,19,21-22,26,28,42-43,46-49,52-54H,3-10,12,14-16,18,20,23-25,27,29-41H2,1-2H3,(H,55,56,57)/b13-11+,19-17+,22-21+,28-26+/t42-,43-,46-,47?,48?,49+/m1/s1. The summed E-state index contributed by atoms with van der Waals surface area (Å²) in [5, 5.41) is 30.9. The summed E-state index contributed by atoms with van der Waals surface area (Å²) < 4.78 is 54.1. The number of aliphatic hydroxyl groups is 3. The molecule has 1 aliphatic heterocycles. The minimum Gasteiger partial charge on any atom is -0.462 e. The average Bonchev–Trinajstić information content (AvgIpc) is 3.24. The van der Waals surface area contributed by atoms with E-state index in [0.717, 1.165) is 64.2 Å². The SMILES string of the molecule is CCCCC/C=C/C/C=C/C/C=C/C/C=C/CCCCCC(=O)O[C@H](COC(=O)CCCCCCCCCCCCCCCCC)CO[C@H]1O[C@H](CS(=O)(=O)O)[C@@H](O)C(O)C1O. The molecule has 0 aromatic heterocycles. The molecule has 2 unspecified atom stereocenters. The van der Waals surface area contributed by atoms with Crippen molar-refractivity contribution in [3.8, 4) is 0 Å². The maximum Gasteiger partial charge on any atom is 0.306 e. The lowest BCUT2D eigenvalue weighted by Gasteiger charge is -2.40. The first kappa shape index (κ1) is 57.6. The Labute approximate surface area is 375 Å². The van der Waals surface area contributed by atoms with Crippen LogP contribution < -0.4 is 0 Å². The first-order valence-corrected chi connectivity index (χ1v) is 25.8. The Hall–Kier alpha value is -2.39. The van der Waals surface area contributed by atoms with Crippen molar-refractivity contribution >= 4 is 22.1 Å². The van der Waals surface area contributed by atoms with E-state index < -0.39 is 71.2 Å². The van der Waals surface area contributed by atoms with Crippen LogP contribution in [0.25, 0.3) is 0 Å². The van der Waals surface area contributed by atoms with Gasteiger partial charge < -0.3 is 34.3 Å². The number of ether oxygens (including phenoxy) is 4. The first-order chi connectivity index (χ1) is 30.0. The summed E-state index contributed by atoms with van der Waals surface area (Å²) in [4.78, 5) is 25.4. The Morgan fingerprint density at radius 2 is 0.968 bits per heavy atom. The van der Waals surface area contributed by atoms with Gasteiger partial charge in [0.05, 0.1) is 6.61 Å². The van der Waals surface area contributed by atoms with Crippen molar-refractivity contribution in [3.05, 3.63) is 48.6 Å². The van der Waals surface area contributed by atoms with Gasteiger partial charge >= 0.3 is 11.9 Å². The van der Waals surface area contributed by atoms with E-state index in [1.54, 1.807) is 0 Å². The van der Waals surface area contributed by atoms with Gasteiger partial charge in [-0.05, 0) is 57.8 Å². The Balaban J connectivity index is 2.45. The quantitative estimate of drug-likeness (QED) is 0.0198. The van der Waals surface area contributed by atoms with Crippen molar-refractivity contribution in [1.82, 2.24) is 0 Å². The number of hydrogen-bond acceptors (Lipinski definition) is 11. The van der Waals surface area contributed by atoms with Crippen molar-refractivity contribution < 1.29 is 56.8 Å². The molecule has 1 heterocycles. The van der Waals surface area contributed by atoms with Crippen molar-refractivity contribution in [2.75, 3.05) is 19.0 Å². The predicted octanol–water partition coefficient (Wildman–Crippen LogP) is 10.3. The normalized spacial score (nSPS) is 20.3. The molecule has 360 valence electrons. The molecule has 1 rings (SSSR count). The third-order valence-electron chi connectivity index (χ3n) is 10.9. The van der Waals surface area contributed by atoms with Crippen LogP contribution in [0.4, 0.5) is 0 Å². The van der Waals surface area contributed by atoms with Crippen LogP contribution in [-0.4, -0.2) is 96.0 Å². The second-order valence-corrected chi connectivity index (χ2v) is 18.3. The molecule has 0 aromatic rings. The number of rotatable bonds is 40. The van der Waals surface area contributed by atoms with Crippen LogP contribution in [-0.2, 0) is 38.7 Å². The van der Waals surface area contributed by atoms with Crippen LogP contribution in [0, 0.1) is 0 Å². The van der Waals surface area contributed by atoms with E-state index in [4.69, 9.17) is 18.9 Å². The van der Waals surface area contributed by atoms with Crippen LogP contribution in [0.3, 0.4) is 0 Å². The smallest absolute Gasteiger partial charge is 0.306 e. The Kier molecular flexibility index (Phi) is 36.3. The largest absolute Gasteiger partial charge is 0.462 e. The highest BCUT2D eigenvalue weighted by molar-refractivity contribution is 7.85. The van der Waals surface area contributed by atoms with E-state index in [0.29, 0.717) is 12.8 Å². The van der Waals surface area contributed by atoms with Gasteiger partial charge in [-0.1, -0.05) is 172 Å². The van der Waals surface area contributed by atoms with Gasteiger partial charge in [0, 0.05) is 12.8 Å². The van der Waals surface area contributed by atoms with Gasteiger partial charge in [-0.25, -0.2) is 0 Å². The second-order valence-electron chi connectivity index (χ2n) is 16.8. The first-order valence-electron chi connectivity index (χ1n) is 24.2. The monoisotopic (exact) mass is 899 g/mol. The molecule has 0 spiro atoms. The van der Waals surface area contributed by atoms with Gasteiger partial charge in [-0.15, -0.1) is 0 Å². The molecule has 62 heavy (non-hydrogen) atoms. The molecule has 1 saturated heterocycles. The average molecular weight is 899 g/mol. The maximum atomic E-state index is 12.8. The lowest BCUT2D eigenvalue weighted by molar-refractivity contribution is -0.297. The van der Waals surface area contributed by atoms with Crippen LogP contribution in [0.1, 0.15) is 194 Å². The summed E-state index contributed by atoms with van der Waals surface area (Å²) in [6.07, 6.45) is 37.2. The zero-order valence-electron chi connectivity index (χ0n) is 38.5. The molecule has 12 nitrogen and oxygen atoms in total. The molecule has 4 N–H and O–H groups in total. The van der Waals surface area contributed by atoms with Gasteiger partial charge in [0.25, 0.3) is 10.1 Å². The zero-order chi connectivity index (χ0) is 45.5. The second kappa shape index (κ2) is 39.0. The highest BCUT2D eigenvalue weighted by Gasteiger charge is 2.46. The van der Waals surface area contributed by atoms with Gasteiger partial charge in [0.15, 0.2) is 12.4 Å². The summed E-state index contributed by atoms with van der Waals surface area (Å²) in [7, 11) is -4.61. The minimum atomic E-state index is -4.61. The molecular formula is C49H86O12S. The van der Waals surface area contributed by atoms with Gasteiger partial charge in [-0.2, -0.15) is 8.42 Å². The minimum absolute atomic E-state index is 0.127. The molecule has 0 saturated carbocycles. The highest BCUT2D eigenvalue weighted by Crippen LogP contribution is 2.24. The number of aliphatic hydroxyl groups excluding tert-OH is 3. The number of carbonyl (C=O) groups is 2. The molecule has 6 atom stereocenters. The fraction of sp³-hybridized carbons (Fsp3) is 0.796. The summed E-state index contributed by atoms with van der Waals surface area (Å²) in [5.41, 5.74) is 0. The molecule has 0 radical (unpaired) electrons. The molecule has 1 aliphatic rings. The van der Waals surface area contributed by atoms with Crippen molar-refractivity contribution in [3.63, 3.8) is 0 Å². The van der Waals surface area contributed by atoms with E-state index in [2.05, 4.69) is 62.5 Å². The van der Waals surface area contributed by atoms with Crippen LogP contribution in [0.15, 0.2) is 48.6 Å². The summed E-state index contributed by atoms with van der Waals surface area (Å²) in [6.45, 7) is 3.72. The summed E-state index contributed by atoms with van der Waals surface area (Å²) in [6, 6.07) is 0. The van der Waals surface area contributed by atoms with E-state index in [1.165, 1.54) is 89.9 Å². The van der Waals surface area contributed by atoms with Crippen molar-refractivity contribution in [2.45, 2.75) is 230 Å². The van der Waals surface area contributed by atoms with Crippen molar-refractivity contribution in [1.29, 1.82) is 0 Å². The van der Waals surface area contributed by atoms with E-state index in [9.17, 15) is 37.9 Å². The van der Waals surface area contributed by atoms with Gasteiger partial charge in [0.1, 0.15) is 36.8 Å². The Morgan fingerprint density at radius 1 is 0.548 bits per heavy atom. The fourth-order valence-electron chi connectivity index (χ4n) is 7.13. The third kappa shape index (κ3) is 33.2. The maximum absolute atomic E-state index is 12.8. The van der Waals surface area contributed by atoms with Crippen molar-refractivity contribution in [2.24, 2.45) is 0 Å². The Bertz CT molecular complexity index is 1330. The molecule has 1 fully saturated rings. The fourth-order valence-corrected chi connectivity index (χ4v) is 7.82. The number of esters is 2. The predicted molar refractivity (Wildman–Crippen MR) is 247 cm³/mol. The summed E-state index contributed by atoms with van der Waals surface area (Å²) in [5.74, 6) is -2.02. The van der Waals surface area contributed by atoms with Crippen LogP contribution in [0.5, 0.6) is 0 Å². The lowest BCUT2D eigenvalue weighted by Crippen LogP contribution is -2.60. The number of allylic oxidation sites excluding steroid dienone is 8. The van der Waals surface area contributed by atoms with Crippen LogP contribution in [0.2, 0.25) is 0 Å². The number of unbranched alkanes of at least 4 members (excludes halogenated alkanes) is 20. The van der Waals surface area contributed by atoms with E-state index in [-0.39, 0.29) is 19.4 Å².